The maximum absolute atomic E-state index is 14.9. The van der Waals surface area contributed by atoms with Crippen LogP contribution in [-0.2, 0) is 15.9 Å². The van der Waals surface area contributed by atoms with Crippen LogP contribution in [0.5, 0.6) is 11.9 Å². The summed E-state index contributed by atoms with van der Waals surface area (Å²) in [5.41, 5.74) is 3.25. The summed E-state index contributed by atoms with van der Waals surface area (Å²) >= 11 is 6.44. The average Bonchev–Trinajstić information content (AvgIpc) is 3.56. The molecule has 34 heavy (non-hydrogen) atoms. The second-order valence-corrected chi connectivity index (χ2v) is 9.14. The van der Waals surface area contributed by atoms with Crippen molar-refractivity contribution in [3.8, 4) is 11.9 Å². The van der Waals surface area contributed by atoms with Crippen molar-refractivity contribution in [3.05, 3.63) is 51.8 Å². The van der Waals surface area contributed by atoms with E-state index in [1.165, 1.54) is 6.07 Å². The number of hydrogen-bond donors (Lipinski definition) is 2. The van der Waals surface area contributed by atoms with Gasteiger partial charge in [-0.2, -0.15) is 9.97 Å². The number of halogens is 2. The molecule has 1 unspecified atom stereocenters. The number of fused-ring (bicyclic) bond motifs is 3. The van der Waals surface area contributed by atoms with Crippen LogP contribution in [0.3, 0.4) is 0 Å². The summed E-state index contributed by atoms with van der Waals surface area (Å²) in [7, 11) is 0. The average molecular weight is 488 g/mol. The SMILES string of the molecule is C/C=C/c1cc(F)c2c(c1)CCC2Oc1nc2nc(O[C@@H]3CO[C@H]4[C@@H]3OC[C@H]4O)[nH]c2cc1Cl. The predicted octanol–water partition coefficient (Wildman–Crippen LogP) is 3.76. The molecule has 0 radical (unpaired) electrons. The molecule has 0 amide bonds. The zero-order valence-corrected chi connectivity index (χ0v) is 19.1. The molecule has 2 N–H and O–H groups in total. The number of aromatic nitrogens is 3. The Balaban J connectivity index is 1.22. The summed E-state index contributed by atoms with van der Waals surface area (Å²) in [6, 6.07) is 5.40. The third kappa shape index (κ3) is 3.73. The van der Waals surface area contributed by atoms with Crippen LogP contribution in [0, 0.1) is 5.82 Å². The summed E-state index contributed by atoms with van der Waals surface area (Å²) in [6.45, 7) is 2.40. The van der Waals surface area contributed by atoms with Crippen LogP contribution in [0.25, 0.3) is 17.2 Å². The van der Waals surface area contributed by atoms with Crippen molar-refractivity contribution in [2.24, 2.45) is 0 Å². The summed E-state index contributed by atoms with van der Waals surface area (Å²) in [5.74, 6) is -0.106. The normalized spacial score (nSPS) is 28.1. The molecular weight excluding hydrogens is 465 g/mol. The smallest absolute Gasteiger partial charge is 0.296 e. The van der Waals surface area contributed by atoms with E-state index in [9.17, 15) is 9.50 Å². The largest absolute Gasteiger partial charge is 0.468 e. The standard InChI is InChI=1S/C24H23ClFN3O5/c1-2-3-11-6-12-4-5-17(19(12)14(26)7-11)33-23-13(25)8-15-22(28-23)29-24(27-15)34-18-10-32-20-16(30)9-31-21(18)20/h2-3,6-8,16-18,20-21,30H,4-5,9-10H2,1H3,(H,27,28,29)/b3-2+/t16-,17?,18-,20-,21-/m1/s1. The fourth-order valence-electron chi connectivity index (χ4n) is 4.94. The van der Waals surface area contributed by atoms with E-state index in [1.807, 2.05) is 25.1 Å². The first kappa shape index (κ1) is 21.8. The Hall–Kier alpha value is -2.72. The Morgan fingerprint density at radius 2 is 2.03 bits per heavy atom. The Kier molecular flexibility index (Phi) is 5.44. The first-order valence-corrected chi connectivity index (χ1v) is 11.6. The molecule has 2 saturated heterocycles. The number of benzene rings is 1. The van der Waals surface area contributed by atoms with E-state index < -0.39 is 24.4 Å². The Morgan fingerprint density at radius 1 is 1.18 bits per heavy atom. The number of pyridine rings is 1. The summed E-state index contributed by atoms with van der Waals surface area (Å²) in [6.07, 6.45) is 2.80. The highest BCUT2D eigenvalue weighted by Crippen LogP contribution is 2.39. The third-order valence-corrected chi connectivity index (χ3v) is 6.74. The van der Waals surface area contributed by atoms with Crippen LogP contribution in [0.4, 0.5) is 4.39 Å². The van der Waals surface area contributed by atoms with Crippen LogP contribution in [0.15, 0.2) is 24.3 Å². The zero-order chi connectivity index (χ0) is 23.4. The Bertz CT molecular complexity index is 1280. The second kappa shape index (κ2) is 8.49. The van der Waals surface area contributed by atoms with Gasteiger partial charge >= 0.3 is 0 Å². The van der Waals surface area contributed by atoms with Gasteiger partial charge in [0.2, 0.25) is 5.88 Å². The minimum absolute atomic E-state index is 0.188. The number of aryl methyl sites for hydroxylation is 1. The molecule has 3 aromatic rings. The first-order valence-electron chi connectivity index (χ1n) is 11.3. The molecule has 2 aromatic heterocycles. The van der Waals surface area contributed by atoms with E-state index >= 15 is 0 Å². The maximum Gasteiger partial charge on any atom is 0.296 e. The maximum atomic E-state index is 14.9. The van der Waals surface area contributed by atoms with Gasteiger partial charge in [0.15, 0.2) is 11.8 Å². The number of aliphatic hydroxyl groups excluding tert-OH is 1. The van der Waals surface area contributed by atoms with E-state index in [1.54, 1.807) is 6.07 Å². The fraction of sp³-hybridized carbons (Fsp3) is 0.417. The topological polar surface area (TPSA) is 98.7 Å². The molecule has 0 spiro atoms. The highest BCUT2D eigenvalue weighted by Gasteiger charge is 2.48. The van der Waals surface area contributed by atoms with Crippen LogP contribution < -0.4 is 9.47 Å². The van der Waals surface area contributed by atoms with Crippen molar-refractivity contribution >= 4 is 28.8 Å². The number of aromatic amines is 1. The van der Waals surface area contributed by atoms with E-state index in [0.717, 1.165) is 11.1 Å². The van der Waals surface area contributed by atoms with Crippen LogP contribution in [-0.4, -0.2) is 57.7 Å². The number of rotatable bonds is 5. The molecule has 1 aromatic carbocycles. The number of H-pyrrole nitrogens is 1. The number of nitrogens with one attached hydrogen (secondary N) is 1. The van der Waals surface area contributed by atoms with Crippen molar-refractivity contribution in [1.82, 2.24) is 15.0 Å². The number of aliphatic hydroxyl groups is 1. The van der Waals surface area contributed by atoms with Crippen molar-refractivity contribution in [2.75, 3.05) is 13.2 Å². The molecule has 2 fully saturated rings. The zero-order valence-electron chi connectivity index (χ0n) is 18.3. The molecule has 8 nitrogen and oxygen atoms in total. The third-order valence-electron chi connectivity index (χ3n) is 6.47. The number of allylic oxidation sites excluding steroid dienone is 1. The predicted molar refractivity (Wildman–Crippen MR) is 122 cm³/mol. The van der Waals surface area contributed by atoms with Crippen molar-refractivity contribution < 1.29 is 28.4 Å². The Labute approximate surface area is 199 Å². The summed E-state index contributed by atoms with van der Waals surface area (Å²) < 4.78 is 38.0. The molecule has 6 rings (SSSR count). The molecule has 1 aliphatic carbocycles. The lowest BCUT2D eigenvalue weighted by Gasteiger charge is -2.16. The molecule has 2 aliphatic heterocycles. The molecular formula is C24H23ClFN3O5. The minimum atomic E-state index is -0.658. The molecule has 178 valence electrons. The summed E-state index contributed by atoms with van der Waals surface area (Å²) in [4.78, 5) is 11.9. The molecule has 0 saturated carbocycles. The van der Waals surface area contributed by atoms with Gasteiger partial charge in [0.25, 0.3) is 6.01 Å². The highest BCUT2D eigenvalue weighted by molar-refractivity contribution is 6.32. The van der Waals surface area contributed by atoms with Gasteiger partial charge in [-0.25, -0.2) is 4.39 Å². The van der Waals surface area contributed by atoms with Gasteiger partial charge in [0.1, 0.15) is 35.3 Å². The molecule has 0 bridgehead atoms. The lowest BCUT2D eigenvalue weighted by Crippen LogP contribution is -2.34. The number of hydrogen-bond acceptors (Lipinski definition) is 7. The second-order valence-electron chi connectivity index (χ2n) is 8.73. The van der Waals surface area contributed by atoms with Gasteiger partial charge in [-0.05, 0) is 43.0 Å². The summed E-state index contributed by atoms with van der Waals surface area (Å²) in [5, 5.41) is 10.2. The van der Waals surface area contributed by atoms with Gasteiger partial charge in [0, 0.05) is 5.56 Å². The monoisotopic (exact) mass is 487 g/mol. The van der Waals surface area contributed by atoms with Crippen LogP contribution >= 0.6 is 11.6 Å². The lowest BCUT2D eigenvalue weighted by atomic mass is 10.0. The van der Waals surface area contributed by atoms with Gasteiger partial charge < -0.3 is 29.0 Å². The van der Waals surface area contributed by atoms with Crippen LogP contribution in [0.1, 0.15) is 36.1 Å². The number of nitrogens with zero attached hydrogens (tertiary/aromatic N) is 2. The van der Waals surface area contributed by atoms with Crippen molar-refractivity contribution in [1.29, 1.82) is 0 Å². The molecule has 10 heteroatoms. The van der Waals surface area contributed by atoms with Crippen molar-refractivity contribution in [2.45, 2.75) is 50.3 Å². The quantitative estimate of drug-likeness (QED) is 0.565. The fourth-order valence-corrected chi connectivity index (χ4v) is 5.14. The lowest BCUT2D eigenvalue weighted by molar-refractivity contribution is 0.00706. The highest BCUT2D eigenvalue weighted by atomic mass is 35.5. The van der Waals surface area contributed by atoms with Gasteiger partial charge in [-0.1, -0.05) is 29.8 Å². The number of ether oxygens (including phenoxy) is 4. The van der Waals surface area contributed by atoms with E-state index in [2.05, 4.69) is 15.0 Å². The molecule has 3 aliphatic rings. The van der Waals surface area contributed by atoms with Crippen molar-refractivity contribution in [3.63, 3.8) is 0 Å². The first-order chi connectivity index (χ1) is 16.5. The van der Waals surface area contributed by atoms with Crippen LogP contribution in [0.2, 0.25) is 5.02 Å². The van der Waals surface area contributed by atoms with E-state index in [0.29, 0.717) is 29.6 Å². The molecule has 5 atom stereocenters. The Morgan fingerprint density at radius 3 is 2.88 bits per heavy atom. The van der Waals surface area contributed by atoms with E-state index in [-0.39, 0.29) is 42.0 Å². The van der Waals surface area contributed by atoms with Gasteiger partial charge in [-0.15, -0.1) is 0 Å². The van der Waals surface area contributed by atoms with Gasteiger partial charge in [0.05, 0.1) is 18.7 Å². The van der Waals surface area contributed by atoms with E-state index in [4.69, 9.17) is 30.5 Å². The number of imidazole rings is 1. The van der Waals surface area contributed by atoms with Gasteiger partial charge in [-0.3, -0.25) is 0 Å². The minimum Gasteiger partial charge on any atom is -0.468 e. The molecule has 4 heterocycles.